The fourth-order valence-electron chi connectivity index (χ4n) is 4.05. The quantitative estimate of drug-likeness (QED) is 0.697. The SMILES string of the molecule is CC(C)(C)OC(=O)N1CCC(c2ccc3c(c2)OCO3)C(OCc2ccccc2C#N)C1. The Morgan fingerprint density at radius 2 is 1.97 bits per heavy atom. The highest BCUT2D eigenvalue weighted by atomic mass is 16.7. The number of nitriles is 1. The molecule has 0 radical (unpaired) electrons. The Bertz CT molecular complexity index is 1020. The third kappa shape index (κ3) is 4.97. The Balaban J connectivity index is 1.55. The van der Waals surface area contributed by atoms with E-state index in [0.717, 1.165) is 29.0 Å². The molecule has 2 atom stereocenters. The molecule has 0 aromatic heterocycles. The summed E-state index contributed by atoms with van der Waals surface area (Å²) in [5, 5.41) is 9.40. The maximum atomic E-state index is 12.7. The molecule has 2 aliphatic heterocycles. The van der Waals surface area contributed by atoms with E-state index in [0.29, 0.717) is 18.7 Å². The summed E-state index contributed by atoms with van der Waals surface area (Å²) in [5.41, 5.74) is 1.94. The van der Waals surface area contributed by atoms with Crippen LogP contribution in [0.25, 0.3) is 0 Å². The molecule has 0 N–H and O–H groups in total. The molecule has 2 aromatic carbocycles. The number of hydrogen-bond acceptors (Lipinski definition) is 6. The van der Waals surface area contributed by atoms with E-state index in [9.17, 15) is 10.1 Å². The number of hydrogen-bond donors (Lipinski definition) is 0. The zero-order valence-corrected chi connectivity index (χ0v) is 18.7. The molecule has 2 aliphatic rings. The third-order valence-corrected chi connectivity index (χ3v) is 5.63. The van der Waals surface area contributed by atoms with E-state index in [2.05, 4.69) is 6.07 Å². The van der Waals surface area contributed by atoms with Crippen molar-refractivity contribution in [3.63, 3.8) is 0 Å². The molecule has 7 heteroatoms. The van der Waals surface area contributed by atoms with E-state index in [-0.39, 0.29) is 31.5 Å². The Labute approximate surface area is 188 Å². The minimum absolute atomic E-state index is 0.0671. The van der Waals surface area contributed by atoms with Crippen LogP contribution in [0.15, 0.2) is 42.5 Å². The molecule has 0 bridgehead atoms. The monoisotopic (exact) mass is 436 g/mol. The zero-order chi connectivity index (χ0) is 22.7. The molecule has 1 fully saturated rings. The first-order valence-electron chi connectivity index (χ1n) is 10.8. The lowest BCUT2D eigenvalue weighted by Gasteiger charge is -2.39. The number of carbonyl (C=O) groups excluding carboxylic acids is 1. The van der Waals surface area contributed by atoms with Crippen LogP contribution >= 0.6 is 0 Å². The van der Waals surface area contributed by atoms with Crippen molar-refractivity contribution in [3.8, 4) is 17.6 Å². The van der Waals surface area contributed by atoms with Crippen LogP contribution in [-0.2, 0) is 16.1 Å². The number of nitrogens with zero attached hydrogens (tertiary/aromatic N) is 2. The van der Waals surface area contributed by atoms with Gasteiger partial charge >= 0.3 is 6.09 Å². The Morgan fingerprint density at radius 1 is 1.19 bits per heavy atom. The lowest BCUT2D eigenvalue weighted by molar-refractivity contribution is -0.0360. The van der Waals surface area contributed by atoms with Gasteiger partial charge in [-0.2, -0.15) is 5.26 Å². The van der Waals surface area contributed by atoms with Gasteiger partial charge in [-0.15, -0.1) is 0 Å². The number of amides is 1. The Morgan fingerprint density at radius 3 is 2.75 bits per heavy atom. The third-order valence-electron chi connectivity index (χ3n) is 5.63. The Kier molecular flexibility index (Phi) is 6.24. The first-order valence-corrected chi connectivity index (χ1v) is 10.8. The van der Waals surface area contributed by atoms with Crippen molar-refractivity contribution in [1.82, 2.24) is 4.90 Å². The van der Waals surface area contributed by atoms with Gasteiger partial charge in [-0.3, -0.25) is 0 Å². The van der Waals surface area contributed by atoms with Gasteiger partial charge in [0.15, 0.2) is 11.5 Å². The van der Waals surface area contributed by atoms with Gasteiger partial charge in [0.1, 0.15) is 5.60 Å². The second-order valence-electron chi connectivity index (χ2n) is 9.05. The summed E-state index contributed by atoms with van der Waals surface area (Å²) in [6.45, 7) is 7.06. The number of ether oxygens (including phenoxy) is 4. The zero-order valence-electron chi connectivity index (χ0n) is 18.7. The summed E-state index contributed by atoms with van der Waals surface area (Å²) in [6, 6.07) is 15.6. The number of piperidine rings is 1. The minimum Gasteiger partial charge on any atom is -0.454 e. The predicted molar refractivity (Wildman–Crippen MR) is 117 cm³/mol. The van der Waals surface area contributed by atoms with Crippen molar-refractivity contribution in [1.29, 1.82) is 5.26 Å². The van der Waals surface area contributed by atoms with Crippen LogP contribution in [0.1, 0.15) is 49.8 Å². The van der Waals surface area contributed by atoms with E-state index >= 15 is 0 Å². The number of fused-ring (bicyclic) bond motifs is 1. The first kappa shape index (κ1) is 22.0. The Hall–Kier alpha value is -3.24. The summed E-state index contributed by atoms with van der Waals surface area (Å²) >= 11 is 0. The molecule has 2 heterocycles. The van der Waals surface area contributed by atoms with Gasteiger partial charge in [-0.1, -0.05) is 24.3 Å². The molecule has 2 unspecified atom stereocenters. The van der Waals surface area contributed by atoms with Crippen LogP contribution in [-0.4, -0.2) is 42.6 Å². The predicted octanol–water partition coefficient (Wildman–Crippen LogP) is 4.60. The van der Waals surface area contributed by atoms with E-state index in [1.165, 1.54) is 0 Å². The highest BCUT2D eigenvalue weighted by Crippen LogP contribution is 2.38. The molecule has 0 aliphatic carbocycles. The summed E-state index contributed by atoms with van der Waals surface area (Å²) < 4.78 is 22.9. The summed E-state index contributed by atoms with van der Waals surface area (Å²) in [4.78, 5) is 14.4. The van der Waals surface area contributed by atoms with Gasteiger partial charge < -0.3 is 23.8 Å². The van der Waals surface area contributed by atoms with Crippen LogP contribution in [0.3, 0.4) is 0 Å². The maximum absolute atomic E-state index is 12.7. The summed E-state index contributed by atoms with van der Waals surface area (Å²) in [5.74, 6) is 1.53. The van der Waals surface area contributed by atoms with Gasteiger partial charge in [0.25, 0.3) is 0 Å². The molecule has 7 nitrogen and oxygen atoms in total. The second-order valence-corrected chi connectivity index (χ2v) is 9.05. The molecular weight excluding hydrogens is 408 g/mol. The van der Waals surface area contributed by atoms with Crippen molar-refractivity contribution < 1.29 is 23.7 Å². The number of carbonyl (C=O) groups is 1. The van der Waals surface area contributed by atoms with Gasteiger partial charge in [-0.25, -0.2) is 4.79 Å². The van der Waals surface area contributed by atoms with Gasteiger partial charge in [0.05, 0.1) is 30.9 Å². The average molecular weight is 437 g/mol. The minimum atomic E-state index is -0.562. The highest BCUT2D eigenvalue weighted by Gasteiger charge is 2.35. The summed E-state index contributed by atoms with van der Waals surface area (Å²) in [6.07, 6.45) is 0.125. The fraction of sp³-hybridized carbons (Fsp3) is 0.440. The highest BCUT2D eigenvalue weighted by molar-refractivity contribution is 5.68. The van der Waals surface area contributed by atoms with Crippen LogP contribution in [0, 0.1) is 11.3 Å². The first-order chi connectivity index (χ1) is 15.3. The molecule has 1 saturated heterocycles. The molecule has 4 rings (SSSR count). The van der Waals surface area contributed by atoms with Crippen LogP contribution < -0.4 is 9.47 Å². The van der Waals surface area contributed by atoms with Crippen molar-refractivity contribution >= 4 is 6.09 Å². The van der Waals surface area contributed by atoms with E-state index in [1.807, 2.05) is 57.2 Å². The molecule has 168 valence electrons. The molecule has 0 spiro atoms. The van der Waals surface area contributed by atoms with Crippen molar-refractivity contribution in [2.24, 2.45) is 0 Å². The normalized spacial score (nSPS) is 20.0. The van der Waals surface area contributed by atoms with E-state index in [4.69, 9.17) is 18.9 Å². The average Bonchev–Trinajstić information content (AvgIpc) is 3.24. The maximum Gasteiger partial charge on any atom is 0.410 e. The van der Waals surface area contributed by atoms with Crippen LogP contribution in [0.2, 0.25) is 0 Å². The van der Waals surface area contributed by atoms with Gasteiger partial charge in [0, 0.05) is 12.5 Å². The molecule has 32 heavy (non-hydrogen) atoms. The summed E-state index contributed by atoms with van der Waals surface area (Å²) in [7, 11) is 0. The number of benzene rings is 2. The van der Waals surface area contributed by atoms with Crippen LogP contribution in [0.5, 0.6) is 11.5 Å². The van der Waals surface area contributed by atoms with Crippen molar-refractivity contribution in [3.05, 3.63) is 59.2 Å². The van der Waals surface area contributed by atoms with Crippen LogP contribution in [0.4, 0.5) is 4.79 Å². The van der Waals surface area contributed by atoms with Gasteiger partial charge in [0.2, 0.25) is 6.79 Å². The molecule has 1 amide bonds. The fourth-order valence-corrected chi connectivity index (χ4v) is 4.05. The smallest absolute Gasteiger partial charge is 0.410 e. The number of rotatable bonds is 4. The van der Waals surface area contributed by atoms with E-state index in [1.54, 1.807) is 11.0 Å². The topological polar surface area (TPSA) is 81.0 Å². The molecule has 2 aromatic rings. The molecular formula is C25H28N2O5. The van der Waals surface area contributed by atoms with Crippen molar-refractivity contribution in [2.75, 3.05) is 19.9 Å². The second kappa shape index (κ2) is 9.09. The lowest BCUT2D eigenvalue weighted by atomic mass is 9.86. The largest absolute Gasteiger partial charge is 0.454 e. The van der Waals surface area contributed by atoms with Gasteiger partial charge in [-0.05, 0) is 56.5 Å². The van der Waals surface area contributed by atoms with Crippen molar-refractivity contribution in [2.45, 2.75) is 51.4 Å². The van der Waals surface area contributed by atoms with E-state index < -0.39 is 5.60 Å². The number of likely N-dealkylation sites (tertiary alicyclic amines) is 1. The lowest BCUT2D eigenvalue weighted by Crippen LogP contribution is -2.48. The molecule has 0 saturated carbocycles. The standard InChI is InChI=1S/C25H28N2O5/c1-25(2,3)32-24(28)27-11-10-20(17-8-9-21-22(12-17)31-16-30-21)23(14-27)29-15-19-7-5-4-6-18(19)13-26/h4-9,12,20,23H,10-11,14-16H2,1-3H3.